The topological polar surface area (TPSA) is 116 Å². The second kappa shape index (κ2) is 12.2. The van der Waals surface area contributed by atoms with Crippen LogP contribution in [-0.2, 0) is 9.53 Å². The summed E-state index contributed by atoms with van der Waals surface area (Å²) in [5.41, 5.74) is 0.238. The van der Waals surface area contributed by atoms with E-state index in [0.717, 1.165) is 0 Å². The number of halogens is 2. The van der Waals surface area contributed by atoms with E-state index >= 15 is 0 Å². The van der Waals surface area contributed by atoms with E-state index in [1.54, 1.807) is 6.92 Å². The fourth-order valence-electron chi connectivity index (χ4n) is 4.01. The second-order valence-corrected chi connectivity index (χ2v) is 8.30. The van der Waals surface area contributed by atoms with Gasteiger partial charge in [-0.25, -0.2) is 18.6 Å². The molecule has 0 radical (unpaired) electrons. The zero-order valence-electron chi connectivity index (χ0n) is 21.5. The van der Waals surface area contributed by atoms with Gasteiger partial charge in [-0.3, -0.25) is 4.79 Å². The summed E-state index contributed by atoms with van der Waals surface area (Å²) in [7, 11) is 4.11. The van der Waals surface area contributed by atoms with E-state index in [-0.39, 0.29) is 22.9 Å². The molecular formula is C27H28F2N2O7. The molecule has 2 atom stereocenters. The number of hydrogen-bond acceptors (Lipinski definition) is 8. The Bertz CT molecular complexity index is 1270. The van der Waals surface area contributed by atoms with Gasteiger partial charge < -0.3 is 29.4 Å². The average Bonchev–Trinajstić information content (AvgIpc) is 2.89. The molecule has 38 heavy (non-hydrogen) atoms. The van der Waals surface area contributed by atoms with E-state index in [1.165, 1.54) is 76.9 Å². The Kier molecular flexibility index (Phi) is 9.06. The molecule has 0 spiro atoms. The number of rotatable bonds is 10. The number of carbonyl (C=O) groups excluding carboxylic acids is 2. The van der Waals surface area contributed by atoms with Crippen LogP contribution in [0.5, 0.6) is 23.0 Å². The Morgan fingerprint density at radius 3 is 1.89 bits per heavy atom. The van der Waals surface area contributed by atoms with Crippen molar-refractivity contribution in [3.8, 4) is 23.0 Å². The van der Waals surface area contributed by atoms with E-state index in [1.807, 2.05) is 0 Å². The van der Waals surface area contributed by atoms with Crippen molar-refractivity contribution in [3.05, 3.63) is 77.1 Å². The summed E-state index contributed by atoms with van der Waals surface area (Å²) in [4.78, 5) is 29.5. The molecule has 3 rings (SSSR count). The van der Waals surface area contributed by atoms with E-state index in [4.69, 9.17) is 18.9 Å². The molecule has 1 heterocycles. The molecule has 2 N–H and O–H groups in total. The molecular weight excluding hydrogens is 502 g/mol. The minimum atomic E-state index is -1.18. The monoisotopic (exact) mass is 530 g/mol. The van der Waals surface area contributed by atoms with Gasteiger partial charge in [0.2, 0.25) is 0 Å². The Labute approximate surface area is 218 Å². The van der Waals surface area contributed by atoms with Crippen molar-refractivity contribution in [2.24, 2.45) is 0 Å². The number of methoxy groups -OCH3 is 3. The summed E-state index contributed by atoms with van der Waals surface area (Å²) in [6, 6.07) is 7.84. The Balaban J connectivity index is 1.91. The van der Waals surface area contributed by atoms with E-state index in [9.17, 15) is 23.5 Å². The van der Waals surface area contributed by atoms with Crippen LogP contribution >= 0.6 is 0 Å². The first-order valence-corrected chi connectivity index (χ1v) is 11.5. The third-order valence-electron chi connectivity index (χ3n) is 5.85. The Morgan fingerprint density at radius 1 is 0.868 bits per heavy atom. The number of aromatic hydroxyl groups is 1. The molecule has 202 valence electrons. The number of carbonyl (C=O) groups is 2. The summed E-state index contributed by atoms with van der Waals surface area (Å²) in [6.07, 6.45) is 0.263. The summed E-state index contributed by atoms with van der Waals surface area (Å²) < 4.78 is 50.1. The number of hydrogen-bond donors (Lipinski definition) is 2. The standard InChI is InChI=1S/C27H28F2N2O7/c1-14(31-26(33)24-25(32)22(37-5)10-11-30-24)27(34)38-15(2)23(18-12-16(28)6-8-20(18)35-3)19-13-17(29)7-9-21(19)36-4/h6-15,23,32H,1-5H3,(H,31,33)/t14-,15-/m0/s1. The molecule has 1 aromatic heterocycles. The Hall–Kier alpha value is -4.41. The lowest BCUT2D eigenvalue weighted by Crippen LogP contribution is -2.41. The van der Waals surface area contributed by atoms with Gasteiger partial charge in [0.05, 0.1) is 27.2 Å². The highest BCUT2D eigenvalue weighted by Crippen LogP contribution is 2.40. The lowest BCUT2D eigenvalue weighted by molar-refractivity contribution is -0.150. The van der Waals surface area contributed by atoms with Crippen LogP contribution in [0.2, 0.25) is 0 Å². The lowest BCUT2D eigenvalue weighted by Gasteiger charge is -2.28. The molecule has 3 aromatic rings. The molecule has 0 aliphatic carbocycles. The number of ether oxygens (including phenoxy) is 4. The van der Waals surface area contributed by atoms with Crippen LogP contribution in [0.1, 0.15) is 41.4 Å². The second-order valence-electron chi connectivity index (χ2n) is 8.30. The lowest BCUT2D eigenvalue weighted by atomic mass is 9.85. The number of aromatic nitrogens is 1. The minimum Gasteiger partial charge on any atom is -0.503 e. The normalized spacial score (nSPS) is 12.4. The fraction of sp³-hybridized carbons (Fsp3) is 0.296. The van der Waals surface area contributed by atoms with Gasteiger partial charge in [-0.2, -0.15) is 0 Å². The third-order valence-corrected chi connectivity index (χ3v) is 5.85. The van der Waals surface area contributed by atoms with Gasteiger partial charge in [0.15, 0.2) is 17.2 Å². The zero-order chi connectivity index (χ0) is 28.0. The highest BCUT2D eigenvalue weighted by Gasteiger charge is 2.32. The zero-order valence-corrected chi connectivity index (χ0v) is 21.5. The molecule has 0 saturated heterocycles. The van der Waals surface area contributed by atoms with E-state index in [2.05, 4.69) is 10.3 Å². The van der Waals surface area contributed by atoms with Gasteiger partial charge in [-0.05, 0) is 50.2 Å². The van der Waals surface area contributed by atoms with Crippen LogP contribution in [0.15, 0.2) is 48.7 Å². The maximum absolute atomic E-state index is 14.3. The van der Waals surface area contributed by atoms with Crippen LogP contribution in [-0.4, -0.2) is 55.4 Å². The number of esters is 1. The smallest absolute Gasteiger partial charge is 0.328 e. The fourth-order valence-corrected chi connectivity index (χ4v) is 4.01. The van der Waals surface area contributed by atoms with Crippen LogP contribution in [0.4, 0.5) is 8.78 Å². The Morgan fingerprint density at radius 2 is 1.39 bits per heavy atom. The van der Waals surface area contributed by atoms with Gasteiger partial charge >= 0.3 is 5.97 Å². The first-order valence-electron chi connectivity index (χ1n) is 11.5. The number of nitrogens with one attached hydrogen (secondary N) is 1. The summed E-state index contributed by atoms with van der Waals surface area (Å²) in [5, 5.41) is 12.6. The van der Waals surface area contributed by atoms with E-state index < -0.39 is 47.3 Å². The predicted octanol–water partition coefficient (Wildman–Crippen LogP) is 3.97. The van der Waals surface area contributed by atoms with Crippen molar-refractivity contribution in [1.29, 1.82) is 0 Å². The quantitative estimate of drug-likeness (QED) is 0.379. The van der Waals surface area contributed by atoms with Crippen LogP contribution in [0.25, 0.3) is 0 Å². The van der Waals surface area contributed by atoms with E-state index in [0.29, 0.717) is 11.1 Å². The van der Waals surface area contributed by atoms with Crippen LogP contribution in [0.3, 0.4) is 0 Å². The summed E-state index contributed by atoms with van der Waals surface area (Å²) in [6.45, 7) is 2.92. The highest BCUT2D eigenvalue weighted by molar-refractivity contribution is 5.97. The molecule has 0 aliphatic rings. The van der Waals surface area contributed by atoms with Crippen LogP contribution < -0.4 is 19.5 Å². The van der Waals surface area contributed by atoms with Gasteiger partial charge in [-0.15, -0.1) is 0 Å². The molecule has 0 aliphatic heterocycles. The first-order chi connectivity index (χ1) is 18.1. The summed E-state index contributed by atoms with van der Waals surface area (Å²) >= 11 is 0. The van der Waals surface area contributed by atoms with Gasteiger partial charge in [-0.1, -0.05) is 0 Å². The predicted molar refractivity (Wildman–Crippen MR) is 133 cm³/mol. The molecule has 11 heteroatoms. The molecule has 0 bridgehead atoms. The molecule has 0 unspecified atom stereocenters. The van der Waals surface area contributed by atoms with Gasteiger partial charge in [0, 0.05) is 23.4 Å². The molecule has 9 nitrogen and oxygen atoms in total. The molecule has 2 aromatic carbocycles. The maximum atomic E-state index is 14.3. The van der Waals surface area contributed by atoms with Crippen molar-refractivity contribution < 1.29 is 42.4 Å². The van der Waals surface area contributed by atoms with Crippen molar-refractivity contribution in [2.45, 2.75) is 31.9 Å². The number of nitrogens with zero attached hydrogens (tertiary/aromatic N) is 1. The van der Waals surface area contributed by atoms with Crippen LogP contribution in [0, 0.1) is 11.6 Å². The van der Waals surface area contributed by atoms with Crippen molar-refractivity contribution in [3.63, 3.8) is 0 Å². The average molecular weight is 531 g/mol. The number of pyridine rings is 1. The SMILES string of the molecule is COc1ccc(F)cc1C(c1cc(F)ccc1OC)[C@H](C)OC(=O)[C@H](C)NC(=O)c1nccc(OC)c1O. The highest BCUT2D eigenvalue weighted by atomic mass is 19.1. The molecule has 1 amide bonds. The maximum Gasteiger partial charge on any atom is 0.328 e. The van der Waals surface area contributed by atoms with Crippen molar-refractivity contribution in [1.82, 2.24) is 10.3 Å². The van der Waals surface area contributed by atoms with Gasteiger partial charge in [0.25, 0.3) is 5.91 Å². The number of amides is 1. The van der Waals surface area contributed by atoms with Gasteiger partial charge in [0.1, 0.15) is 35.3 Å². The largest absolute Gasteiger partial charge is 0.503 e. The molecule has 0 saturated carbocycles. The minimum absolute atomic E-state index is 0.0323. The molecule has 0 fully saturated rings. The van der Waals surface area contributed by atoms with Crippen molar-refractivity contribution >= 4 is 11.9 Å². The first kappa shape index (κ1) is 28.2. The number of benzene rings is 2. The van der Waals surface area contributed by atoms with Crippen molar-refractivity contribution in [2.75, 3.05) is 21.3 Å². The third kappa shape index (κ3) is 6.10. The summed E-state index contributed by atoms with van der Waals surface area (Å²) in [5.74, 6) is -3.64.